The standard InChI is InChI=1S/C19H20N4O6S3.Na/c1-9(24)29-7-19(17(27)28)6-23-15(26)13(16(23)32-8-19)22-14(25)12(10-2-3-30-4-10)11-5-31-18(20)21-11;/h2-3,5,13,16H,4,6-8H2,1H3,(H2,20,21)(H,22,25)(H,27,28);/q;+1/p-1/t13?,16-,19?;/m1./s1. The number of β-lactam (4-membered cyclic amide) rings is 1. The van der Waals surface area contributed by atoms with Crippen molar-refractivity contribution in [2.24, 2.45) is 5.41 Å². The van der Waals surface area contributed by atoms with Crippen LogP contribution >= 0.6 is 34.9 Å². The minimum absolute atomic E-state index is 0. The molecule has 0 aliphatic carbocycles. The summed E-state index contributed by atoms with van der Waals surface area (Å²) in [5.74, 6) is -2.15. The number of amides is 2. The Morgan fingerprint density at radius 1 is 1.42 bits per heavy atom. The summed E-state index contributed by atoms with van der Waals surface area (Å²) in [5.41, 5.74) is 5.85. The van der Waals surface area contributed by atoms with Crippen LogP contribution in [0.2, 0.25) is 0 Å². The Bertz CT molecular complexity index is 1060. The fourth-order valence-corrected chi connectivity index (χ4v) is 6.50. The van der Waals surface area contributed by atoms with Gasteiger partial charge in [-0.2, -0.15) is 0 Å². The maximum Gasteiger partial charge on any atom is 1.00 e. The number of allylic oxidation sites excluding steroid dienone is 1. The maximum absolute atomic E-state index is 13.1. The molecule has 2 saturated heterocycles. The Hall–Kier alpha value is -1.51. The second kappa shape index (κ2) is 10.4. The number of nitrogens with zero attached hydrogens (tertiary/aromatic N) is 2. The number of rotatable bonds is 6. The molecule has 3 atom stereocenters. The Morgan fingerprint density at radius 2 is 2.18 bits per heavy atom. The molecule has 1 aromatic heterocycles. The topological polar surface area (TPSA) is 155 Å². The first-order valence-electron chi connectivity index (χ1n) is 9.52. The van der Waals surface area contributed by atoms with Gasteiger partial charge in [-0.15, -0.1) is 34.9 Å². The van der Waals surface area contributed by atoms with Crippen LogP contribution in [0.25, 0.3) is 5.57 Å². The van der Waals surface area contributed by atoms with E-state index in [2.05, 4.69) is 10.3 Å². The van der Waals surface area contributed by atoms with Gasteiger partial charge in [-0.3, -0.25) is 14.4 Å². The minimum atomic E-state index is -1.49. The third-order valence-electron chi connectivity index (χ3n) is 5.35. The van der Waals surface area contributed by atoms with Crippen LogP contribution in [0.5, 0.6) is 0 Å². The first-order chi connectivity index (χ1) is 15.2. The first-order valence-corrected chi connectivity index (χ1v) is 12.5. The second-order valence-electron chi connectivity index (χ2n) is 7.55. The number of nitrogens with two attached hydrogens (primary N) is 1. The van der Waals surface area contributed by atoms with E-state index in [1.165, 1.54) is 34.9 Å². The van der Waals surface area contributed by atoms with Crippen molar-refractivity contribution in [3.05, 3.63) is 28.1 Å². The molecule has 170 valence electrons. The smallest absolute Gasteiger partial charge is 0.549 e. The number of esters is 1. The van der Waals surface area contributed by atoms with E-state index in [0.29, 0.717) is 22.2 Å². The van der Waals surface area contributed by atoms with E-state index in [0.717, 1.165) is 5.57 Å². The van der Waals surface area contributed by atoms with Gasteiger partial charge in [0, 0.05) is 30.4 Å². The predicted octanol–water partition coefficient (Wildman–Crippen LogP) is -3.56. The SMILES string of the molecule is CC(=O)OCC1(C(=O)[O-])CS[C@@H]2C(NC(=O)C(=C3C=CSC3)c3csc(N)n3)C(=O)N2C1.[Na+]. The van der Waals surface area contributed by atoms with Gasteiger partial charge in [-0.1, -0.05) is 6.08 Å². The van der Waals surface area contributed by atoms with Crippen molar-refractivity contribution in [2.75, 3.05) is 30.4 Å². The molecular formula is C19H19N4NaO6S3. The monoisotopic (exact) mass is 518 g/mol. The van der Waals surface area contributed by atoms with Gasteiger partial charge in [0.25, 0.3) is 5.91 Å². The van der Waals surface area contributed by atoms with Crippen molar-refractivity contribution >= 4 is 69.3 Å². The van der Waals surface area contributed by atoms with Crippen molar-refractivity contribution < 1.29 is 58.6 Å². The molecule has 2 amide bonds. The number of fused-ring (bicyclic) bond motifs is 1. The van der Waals surface area contributed by atoms with Gasteiger partial charge in [0.15, 0.2) is 5.13 Å². The fourth-order valence-electron chi connectivity index (χ4n) is 3.65. The number of aromatic nitrogens is 1. The third kappa shape index (κ3) is 5.13. The zero-order valence-corrected chi connectivity index (χ0v) is 22.3. The van der Waals surface area contributed by atoms with Crippen LogP contribution in [-0.2, 0) is 23.9 Å². The zero-order chi connectivity index (χ0) is 23.0. The molecule has 0 radical (unpaired) electrons. The van der Waals surface area contributed by atoms with Gasteiger partial charge in [-0.05, 0) is 11.0 Å². The Kier molecular flexibility index (Phi) is 8.23. The second-order valence-corrected chi connectivity index (χ2v) is 10.4. The molecule has 3 N–H and O–H groups in total. The molecule has 1 aromatic rings. The Morgan fingerprint density at radius 3 is 2.76 bits per heavy atom. The summed E-state index contributed by atoms with van der Waals surface area (Å²) in [6.45, 7) is 0.653. The summed E-state index contributed by atoms with van der Waals surface area (Å²) in [7, 11) is 0. The molecule has 14 heteroatoms. The van der Waals surface area contributed by atoms with Crippen LogP contribution in [-0.4, -0.2) is 69.7 Å². The molecule has 4 rings (SSSR count). The average molecular weight is 519 g/mol. The number of anilines is 1. The van der Waals surface area contributed by atoms with E-state index in [-0.39, 0.29) is 48.5 Å². The van der Waals surface area contributed by atoms with Gasteiger partial charge in [0.1, 0.15) is 18.0 Å². The van der Waals surface area contributed by atoms with Crippen LogP contribution in [0.1, 0.15) is 12.6 Å². The number of ether oxygens (including phenoxy) is 1. The molecule has 3 aliphatic rings. The van der Waals surface area contributed by atoms with Crippen molar-refractivity contribution in [3.8, 4) is 0 Å². The number of carboxylic acid groups (broad SMARTS) is 1. The van der Waals surface area contributed by atoms with Gasteiger partial charge in [0.2, 0.25) is 5.91 Å². The number of carbonyl (C=O) groups excluding carboxylic acids is 4. The van der Waals surface area contributed by atoms with E-state index < -0.39 is 40.6 Å². The number of nitrogens with one attached hydrogen (secondary N) is 1. The number of hydrogen-bond acceptors (Lipinski definition) is 11. The van der Waals surface area contributed by atoms with Gasteiger partial charge < -0.3 is 30.6 Å². The van der Waals surface area contributed by atoms with E-state index in [1.807, 2.05) is 11.5 Å². The summed E-state index contributed by atoms with van der Waals surface area (Å²) in [5, 5.41) is 18.0. The molecule has 10 nitrogen and oxygen atoms in total. The van der Waals surface area contributed by atoms with Crippen molar-refractivity contribution in [3.63, 3.8) is 0 Å². The minimum Gasteiger partial charge on any atom is -0.549 e. The number of hydrogen-bond donors (Lipinski definition) is 2. The normalized spacial score (nSPS) is 27.2. The van der Waals surface area contributed by atoms with Crippen LogP contribution in [0.4, 0.5) is 5.13 Å². The fraction of sp³-hybridized carbons (Fsp3) is 0.421. The molecule has 0 aromatic carbocycles. The zero-order valence-electron chi connectivity index (χ0n) is 17.9. The summed E-state index contributed by atoms with van der Waals surface area (Å²) >= 11 is 3.97. The van der Waals surface area contributed by atoms with Gasteiger partial charge in [0.05, 0.1) is 22.7 Å². The van der Waals surface area contributed by atoms with Crippen LogP contribution in [0.3, 0.4) is 0 Å². The number of thiazole rings is 1. The van der Waals surface area contributed by atoms with E-state index in [1.54, 1.807) is 17.1 Å². The molecule has 2 unspecified atom stereocenters. The third-order valence-corrected chi connectivity index (χ3v) is 8.41. The average Bonchev–Trinajstić information content (AvgIpc) is 3.42. The van der Waals surface area contributed by atoms with Crippen LogP contribution < -0.4 is 45.7 Å². The molecular weight excluding hydrogens is 499 g/mol. The molecule has 4 heterocycles. The molecule has 3 aliphatic heterocycles. The molecule has 2 fully saturated rings. The van der Waals surface area contributed by atoms with Gasteiger partial charge >= 0.3 is 35.5 Å². The Labute approximate surface area is 224 Å². The number of carbonyl (C=O) groups is 4. The van der Waals surface area contributed by atoms with Gasteiger partial charge in [-0.25, -0.2) is 4.98 Å². The van der Waals surface area contributed by atoms with E-state index in [4.69, 9.17) is 10.5 Å². The van der Waals surface area contributed by atoms with Crippen molar-refractivity contribution in [1.29, 1.82) is 0 Å². The van der Waals surface area contributed by atoms with Crippen molar-refractivity contribution in [2.45, 2.75) is 18.3 Å². The first kappa shape index (κ1) is 26.1. The molecule has 0 bridgehead atoms. The Balaban J connectivity index is 0.00000306. The number of nitrogen functional groups attached to an aromatic ring is 1. The van der Waals surface area contributed by atoms with Crippen LogP contribution in [0.15, 0.2) is 22.4 Å². The largest absolute Gasteiger partial charge is 1.00 e. The number of carboxylic acids is 1. The van der Waals surface area contributed by atoms with Crippen LogP contribution in [0, 0.1) is 5.41 Å². The summed E-state index contributed by atoms with van der Waals surface area (Å²) in [6.07, 6.45) is 1.84. The molecule has 0 saturated carbocycles. The maximum atomic E-state index is 13.1. The summed E-state index contributed by atoms with van der Waals surface area (Å²) in [4.78, 5) is 54.4. The van der Waals surface area contributed by atoms with E-state index >= 15 is 0 Å². The summed E-state index contributed by atoms with van der Waals surface area (Å²) in [6, 6.07) is -0.800. The number of aliphatic carboxylic acids is 1. The van der Waals surface area contributed by atoms with E-state index in [9.17, 15) is 24.3 Å². The quantitative estimate of drug-likeness (QED) is 0.167. The molecule has 0 spiro atoms. The van der Waals surface area contributed by atoms with Crippen molar-refractivity contribution in [1.82, 2.24) is 15.2 Å². The number of thioether (sulfide) groups is 2. The molecule has 33 heavy (non-hydrogen) atoms. The summed E-state index contributed by atoms with van der Waals surface area (Å²) < 4.78 is 4.91. The predicted molar refractivity (Wildman–Crippen MR) is 119 cm³/mol.